The van der Waals surface area contributed by atoms with Crippen LogP contribution in [-0.4, -0.2) is 20.8 Å². The fraction of sp³-hybridized carbons (Fsp3) is 0.455. The van der Waals surface area contributed by atoms with Crippen LogP contribution in [0.1, 0.15) is 17.2 Å². The maximum Gasteiger partial charge on any atom is 0.119 e. The van der Waals surface area contributed by atoms with Gasteiger partial charge in [0.25, 0.3) is 0 Å². The lowest BCUT2D eigenvalue weighted by molar-refractivity contribution is 0.0843. The van der Waals surface area contributed by atoms with Gasteiger partial charge in [0.2, 0.25) is 0 Å². The lowest BCUT2D eigenvalue weighted by Crippen LogP contribution is -2.26. The number of methoxy groups -OCH3 is 1. The molecule has 0 spiro atoms. The van der Waals surface area contributed by atoms with Crippen LogP contribution >= 0.6 is 0 Å². The smallest absolute Gasteiger partial charge is 0.119 e. The summed E-state index contributed by atoms with van der Waals surface area (Å²) in [6.45, 7) is 1.44. The molecule has 3 heteroatoms. The van der Waals surface area contributed by atoms with Crippen molar-refractivity contribution in [3.05, 3.63) is 29.3 Å². The zero-order chi connectivity index (χ0) is 9.97. The third-order valence-electron chi connectivity index (χ3n) is 2.62. The summed E-state index contributed by atoms with van der Waals surface area (Å²) in [5.74, 6) is 0.908. The summed E-state index contributed by atoms with van der Waals surface area (Å²) >= 11 is 0. The van der Waals surface area contributed by atoms with E-state index < -0.39 is 0 Å². The maximum atomic E-state index is 5.47. The lowest BCUT2D eigenvalue weighted by Gasteiger charge is -2.25. The van der Waals surface area contributed by atoms with Gasteiger partial charge in [-0.1, -0.05) is 6.07 Å². The van der Waals surface area contributed by atoms with Gasteiger partial charge in [-0.25, -0.2) is 0 Å². The number of hydrogen-bond acceptors (Lipinski definition) is 3. The van der Waals surface area contributed by atoms with Crippen molar-refractivity contribution in [2.45, 2.75) is 12.6 Å². The van der Waals surface area contributed by atoms with Crippen LogP contribution in [0.4, 0.5) is 0 Å². The predicted molar refractivity (Wildman–Crippen MR) is 54.5 cm³/mol. The summed E-state index contributed by atoms with van der Waals surface area (Å²) in [4.78, 5) is 0. The van der Waals surface area contributed by atoms with E-state index in [1.807, 2.05) is 13.1 Å². The van der Waals surface area contributed by atoms with Gasteiger partial charge in [-0.2, -0.15) is 0 Å². The first-order valence-electron chi connectivity index (χ1n) is 4.77. The van der Waals surface area contributed by atoms with Crippen molar-refractivity contribution in [2.24, 2.45) is 0 Å². The monoisotopic (exact) mass is 193 g/mol. The molecular formula is C11H15NO2. The summed E-state index contributed by atoms with van der Waals surface area (Å²) in [5, 5.41) is 3.23. The van der Waals surface area contributed by atoms with Crippen LogP contribution < -0.4 is 10.1 Å². The SMILES string of the molecule is CNC1COCc2ccc(OC)cc21. The molecule has 1 aliphatic heterocycles. The summed E-state index contributed by atoms with van der Waals surface area (Å²) in [7, 11) is 3.64. The Morgan fingerprint density at radius 1 is 1.50 bits per heavy atom. The average molecular weight is 193 g/mol. The van der Waals surface area contributed by atoms with Crippen molar-refractivity contribution < 1.29 is 9.47 Å². The van der Waals surface area contributed by atoms with Gasteiger partial charge in [-0.15, -0.1) is 0 Å². The first-order valence-corrected chi connectivity index (χ1v) is 4.77. The summed E-state index contributed by atoms with van der Waals surface area (Å²) in [6.07, 6.45) is 0. The molecule has 0 saturated carbocycles. The van der Waals surface area contributed by atoms with E-state index in [9.17, 15) is 0 Å². The maximum absolute atomic E-state index is 5.47. The van der Waals surface area contributed by atoms with E-state index in [1.165, 1.54) is 11.1 Å². The first-order chi connectivity index (χ1) is 6.85. The van der Waals surface area contributed by atoms with Crippen molar-refractivity contribution in [2.75, 3.05) is 20.8 Å². The Labute approximate surface area is 84.0 Å². The van der Waals surface area contributed by atoms with Crippen molar-refractivity contribution in [1.82, 2.24) is 5.32 Å². The molecule has 1 heterocycles. The van der Waals surface area contributed by atoms with Crippen LogP contribution in [0.3, 0.4) is 0 Å². The summed E-state index contributed by atoms with van der Waals surface area (Å²) in [6, 6.07) is 6.41. The van der Waals surface area contributed by atoms with Crippen molar-refractivity contribution in [3.8, 4) is 5.75 Å². The molecule has 1 N–H and O–H groups in total. The Kier molecular flexibility index (Phi) is 2.70. The standard InChI is InChI=1S/C11H15NO2/c1-12-11-7-14-6-8-3-4-9(13-2)5-10(8)11/h3-5,11-12H,6-7H2,1-2H3. The van der Waals surface area contributed by atoms with Crippen LogP contribution in [-0.2, 0) is 11.3 Å². The van der Waals surface area contributed by atoms with Gasteiger partial charge < -0.3 is 14.8 Å². The molecule has 1 aromatic rings. The predicted octanol–water partition coefficient (Wildman–Crippen LogP) is 1.49. The highest BCUT2D eigenvalue weighted by atomic mass is 16.5. The highest BCUT2D eigenvalue weighted by molar-refractivity contribution is 5.38. The van der Waals surface area contributed by atoms with Gasteiger partial charge in [0, 0.05) is 0 Å². The minimum Gasteiger partial charge on any atom is -0.497 e. The Bertz CT molecular complexity index is 325. The van der Waals surface area contributed by atoms with Crippen molar-refractivity contribution >= 4 is 0 Å². The van der Waals surface area contributed by atoms with Gasteiger partial charge >= 0.3 is 0 Å². The molecule has 1 aromatic carbocycles. The van der Waals surface area contributed by atoms with Gasteiger partial charge in [0.15, 0.2) is 0 Å². The Balaban J connectivity index is 2.38. The van der Waals surface area contributed by atoms with Crippen LogP contribution in [0.15, 0.2) is 18.2 Å². The normalized spacial score (nSPS) is 20.3. The number of likely N-dealkylation sites (N-methyl/N-ethyl adjacent to an activating group) is 1. The topological polar surface area (TPSA) is 30.5 Å². The zero-order valence-corrected chi connectivity index (χ0v) is 8.54. The minimum absolute atomic E-state index is 0.286. The van der Waals surface area contributed by atoms with E-state index in [-0.39, 0.29) is 6.04 Å². The summed E-state index contributed by atoms with van der Waals surface area (Å²) in [5.41, 5.74) is 2.54. The number of rotatable bonds is 2. The highest BCUT2D eigenvalue weighted by Crippen LogP contribution is 2.27. The number of benzene rings is 1. The van der Waals surface area contributed by atoms with Gasteiger partial charge in [0.1, 0.15) is 5.75 Å². The third-order valence-corrected chi connectivity index (χ3v) is 2.62. The number of hydrogen-bond donors (Lipinski definition) is 1. The second-order valence-electron chi connectivity index (χ2n) is 3.42. The number of ether oxygens (including phenoxy) is 2. The number of fused-ring (bicyclic) bond motifs is 1. The second-order valence-corrected chi connectivity index (χ2v) is 3.42. The average Bonchev–Trinajstić information content (AvgIpc) is 2.27. The fourth-order valence-electron chi connectivity index (χ4n) is 1.77. The Morgan fingerprint density at radius 3 is 3.07 bits per heavy atom. The zero-order valence-electron chi connectivity index (χ0n) is 8.54. The molecular weight excluding hydrogens is 178 g/mol. The molecule has 0 radical (unpaired) electrons. The Morgan fingerprint density at radius 2 is 2.36 bits per heavy atom. The van der Waals surface area contributed by atoms with E-state index >= 15 is 0 Å². The molecule has 0 aliphatic carbocycles. The molecule has 1 aliphatic rings. The molecule has 3 nitrogen and oxygen atoms in total. The van der Waals surface area contributed by atoms with E-state index in [2.05, 4.69) is 17.4 Å². The van der Waals surface area contributed by atoms with Gasteiger partial charge in [-0.3, -0.25) is 0 Å². The van der Waals surface area contributed by atoms with Crippen molar-refractivity contribution in [1.29, 1.82) is 0 Å². The molecule has 2 rings (SSSR count). The van der Waals surface area contributed by atoms with Gasteiger partial charge in [-0.05, 0) is 30.3 Å². The van der Waals surface area contributed by atoms with E-state index in [4.69, 9.17) is 9.47 Å². The van der Waals surface area contributed by atoms with Gasteiger partial charge in [0.05, 0.1) is 26.4 Å². The van der Waals surface area contributed by atoms with Crippen LogP contribution in [0.2, 0.25) is 0 Å². The highest BCUT2D eigenvalue weighted by Gasteiger charge is 2.19. The molecule has 0 aromatic heterocycles. The third kappa shape index (κ3) is 1.61. The molecule has 0 amide bonds. The molecule has 0 saturated heterocycles. The molecule has 0 fully saturated rings. The minimum atomic E-state index is 0.286. The van der Waals surface area contributed by atoms with Crippen LogP contribution in [0.5, 0.6) is 5.75 Å². The molecule has 1 atom stereocenters. The largest absolute Gasteiger partial charge is 0.497 e. The first kappa shape index (κ1) is 9.49. The van der Waals surface area contributed by atoms with E-state index in [0.29, 0.717) is 6.61 Å². The molecule has 76 valence electrons. The molecule has 14 heavy (non-hydrogen) atoms. The number of nitrogens with one attached hydrogen (secondary N) is 1. The van der Waals surface area contributed by atoms with E-state index in [1.54, 1.807) is 7.11 Å². The van der Waals surface area contributed by atoms with Crippen LogP contribution in [0.25, 0.3) is 0 Å². The van der Waals surface area contributed by atoms with Crippen molar-refractivity contribution in [3.63, 3.8) is 0 Å². The molecule has 0 bridgehead atoms. The Hall–Kier alpha value is -1.06. The quantitative estimate of drug-likeness (QED) is 0.771. The second kappa shape index (κ2) is 3.98. The fourth-order valence-corrected chi connectivity index (χ4v) is 1.77. The van der Waals surface area contributed by atoms with Crippen LogP contribution in [0, 0.1) is 0 Å². The summed E-state index contributed by atoms with van der Waals surface area (Å²) < 4.78 is 10.7. The van der Waals surface area contributed by atoms with E-state index in [0.717, 1.165) is 12.4 Å². The lowest BCUT2D eigenvalue weighted by atomic mass is 9.99. The molecule has 1 unspecified atom stereocenters.